The maximum atomic E-state index is 14.0. The van der Waals surface area contributed by atoms with Crippen molar-refractivity contribution in [3.63, 3.8) is 0 Å². The highest BCUT2D eigenvalue weighted by Gasteiger charge is 2.69. The summed E-state index contributed by atoms with van der Waals surface area (Å²) < 4.78 is 52.2. The van der Waals surface area contributed by atoms with Crippen molar-refractivity contribution >= 4 is 46.5 Å². The number of amides is 3. The number of alkyl halides is 3. The number of thioether (sulfide) groups is 1. The summed E-state index contributed by atoms with van der Waals surface area (Å²) >= 11 is 2.65. The van der Waals surface area contributed by atoms with Crippen molar-refractivity contribution in [3.05, 3.63) is 68.1 Å². The summed E-state index contributed by atoms with van der Waals surface area (Å²) in [6, 6.07) is 9.88. The van der Waals surface area contributed by atoms with E-state index in [2.05, 4.69) is 4.98 Å². The van der Waals surface area contributed by atoms with Gasteiger partial charge in [-0.15, -0.1) is 11.8 Å². The smallest absolute Gasteiger partial charge is 0.416 e. The summed E-state index contributed by atoms with van der Waals surface area (Å²) in [4.78, 5) is 59.7. The molecule has 7 atom stereocenters. The zero-order chi connectivity index (χ0) is 33.5. The molecule has 3 amide bonds. The Morgan fingerprint density at radius 2 is 1.73 bits per heavy atom. The van der Waals surface area contributed by atoms with Gasteiger partial charge in [0.2, 0.25) is 11.8 Å². The van der Waals surface area contributed by atoms with Gasteiger partial charge in [-0.05, 0) is 79.3 Å². The number of aromatic amines is 1. The van der Waals surface area contributed by atoms with E-state index in [4.69, 9.17) is 9.47 Å². The van der Waals surface area contributed by atoms with E-state index < -0.39 is 35.4 Å². The topological polar surface area (TPSA) is 109 Å². The molecular formula is C34H32F3N3O6S2. The fraction of sp³-hybridized carbons (Fsp3) is 0.471. The number of nitrogens with one attached hydrogen (secondary N) is 1. The van der Waals surface area contributed by atoms with Crippen molar-refractivity contribution in [1.29, 1.82) is 0 Å². The van der Waals surface area contributed by atoms with Crippen LogP contribution in [0.25, 0.3) is 0 Å². The Labute approximate surface area is 281 Å². The zero-order valence-corrected chi connectivity index (χ0v) is 27.5. The van der Waals surface area contributed by atoms with E-state index in [0.29, 0.717) is 17.9 Å². The number of fused-ring (bicyclic) bond motifs is 9. The number of carbonyl (C=O) groups excluding carboxylic acids is 3. The molecule has 2 saturated carbocycles. The molecular weight excluding hydrogens is 668 g/mol. The van der Waals surface area contributed by atoms with Crippen molar-refractivity contribution in [2.75, 3.05) is 31.7 Å². The minimum Gasteiger partial charge on any atom is -0.493 e. The summed E-state index contributed by atoms with van der Waals surface area (Å²) in [6.45, 7) is 1.33. The van der Waals surface area contributed by atoms with Gasteiger partial charge in [0.15, 0.2) is 18.1 Å². The molecule has 14 heteroatoms. The number of methoxy groups -OCH3 is 1. The number of H-pyrrole nitrogens is 1. The van der Waals surface area contributed by atoms with Crippen LogP contribution in [0.2, 0.25) is 0 Å². The molecule has 2 aromatic carbocycles. The Bertz CT molecular complexity index is 1870. The Morgan fingerprint density at radius 3 is 2.46 bits per heavy atom. The lowest BCUT2D eigenvalue weighted by molar-refractivity contribution is -0.137. The van der Waals surface area contributed by atoms with E-state index in [1.54, 1.807) is 6.07 Å². The monoisotopic (exact) mass is 699 g/mol. The van der Waals surface area contributed by atoms with Crippen molar-refractivity contribution in [3.8, 4) is 11.5 Å². The van der Waals surface area contributed by atoms with Gasteiger partial charge in [-0.25, -0.2) is 0 Å². The molecule has 3 aliphatic heterocycles. The van der Waals surface area contributed by atoms with E-state index in [1.165, 1.54) is 31.0 Å². The van der Waals surface area contributed by atoms with Crippen molar-refractivity contribution in [2.45, 2.75) is 48.1 Å². The lowest BCUT2D eigenvalue weighted by atomic mass is 9.68. The third-order valence-electron chi connectivity index (χ3n) is 10.8. The maximum absolute atomic E-state index is 14.0. The van der Waals surface area contributed by atoms with Crippen LogP contribution in [0.4, 0.5) is 18.9 Å². The highest BCUT2D eigenvalue weighted by molar-refractivity contribution is 8.00. The molecule has 3 aromatic rings. The Hall–Kier alpha value is -3.78. The summed E-state index contributed by atoms with van der Waals surface area (Å²) in [5, 5.41) is 0.638. The van der Waals surface area contributed by atoms with Crippen molar-refractivity contribution < 1.29 is 37.0 Å². The van der Waals surface area contributed by atoms with Crippen LogP contribution in [0.5, 0.6) is 11.5 Å². The van der Waals surface area contributed by atoms with E-state index in [-0.39, 0.29) is 52.0 Å². The first-order valence-electron chi connectivity index (χ1n) is 16.1. The van der Waals surface area contributed by atoms with E-state index in [0.717, 1.165) is 76.2 Å². The number of rotatable bonds is 6. The number of ether oxygens (including phenoxy) is 2. The largest absolute Gasteiger partial charge is 0.493 e. The Balaban J connectivity index is 1.11. The number of likely N-dealkylation sites (tertiary alicyclic amines) is 1. The van der Waals surface area contributed by atoms with Crippen LogP contribution in [0, 0.1) is 29.6 Å². The van der Waals surface area contributed by atoms with Crippen LogP contribution in [-0.2, 0) is 20.6 Å². The second-order valence-electron chi connectivity index (χ2n) is 13.2. The number of imide groups is 1. The van der Waals surface area contributed by atoms with Crippen LogP contribution in [-0.4, -0.2) is 59.7 Å². The molecule has 2 saturated heterocycles. The molecule has 0 spiro atoms. The highest BCUT2D eigenvalue weighted by atomic mass is 32.2. The summed E-state index contributed by atoms with van der Waals surface area (Å²) in [6.07, 6.45) is -0.913. The summed E-state index contributed by atoms with van der Waals surface area (Å²) in [5.41, 5.74) is -0.136. The molecule has 4 heterocycles. The van der Waals surface area contributed by atoms with Gasteiger partial charge >= 0.3 is 11.0 Å². The van der Waals surface area contributed by atoms with Gasteiger partial charge in [0, 0.05) is 29.1 Å². The number of benzene rings is 2. The maximum Gasteiger partial charge on any atom is 0.416 e. The van der Waals surface area contributed by atoms with Crippen LogP contribution in [0.15, 0.2) is 52.3 Å². The summed E-state index contributed by atoms with van der Waals surface area (Å²) in [5.74, 6) is -2.28. The second-order valence-corrected chi connectivity index (χ2v) is 15.4. The number of halogens is 3. The Kier molecular flexibility index (Phi) is 7.66. The highest BCUT2D eigenvalue weighted by Crippen LogP contribution is 2.69. The van der Waals surface area contributed by atoms with Gasteiger partial charge in [-0.2, -0.15) is 13.2 Å². The number of aromatic nitrogens is 1. The van der Waals surface area contributed by atoms with Gasteiger partial charge in [0.1, 0.15) is 0 Å². The third-order valence-corrected chi connectivity index (χ3v) is 13.4. The molecule has 8 rings (SSSR count). The number of thiazole rings is 1. The molecule has 2 bridgehead atoms. The second kappa shape index (κ2) is 11.7. The van der Waals surface area contributed by atoms with Gasteiger partial charge < -0.3 is 19.4 Å². The molecule has 2 aliphatic carbocycles. The first kappa shape index (κ1) is 31.5. The van der Waals surface area contributed by atoms with Crippen molar-refractivity contribution in [2.24, 2.45) is 29.6 Å². The molecule has 9 nitrogen and oxygen atoms in total. The standard InChI is InChI=1S/C34H32F3N3O6S2/c1-45-22-12-16(8-9-21(22)46-15-23(41)39-10-3-2-4-11-39)24-25-19-14-20(28(25)47-30-29(24)48-33(44)38-30)27-26(19)31(42)40(32(27)43)18-7-5-6-17(13-18)34(35,36)37/h5-9,12-13,19-20,24-28H,2-4,10-11,14-15H2,1H3,(H,38,44)/t19?,20?,24-,25?,26?,27?,28?/m1/s1. The first-order chi connectivity index (χ1) is 23.0. The predicted molar refractivity (Wildman–Crippen MR) is 171 cm³/mol. The SMILES string of the molecule is COc1cc([C@H]2c3sc(=O)[nH]c3SC3C4CC(C5C(=O)N(c6cccc(C(F)(F)F)c6)C(=O)C45)C32)ccc1OCC(=O)N1CCCCC1. The number of nitrogens with zero attached hydrogens (tertiary/aromatic N) is 2. The third kappa shape index (κ3) is 4.96. The van der Waals surface area contributed by atoms with Gasteiger partial charge in [0.25, 0.3) is 5.91 Å². The lowest BCUT2D eigenvalue weighted by Gasteiger charge is -2.43. The fourth-order valence-corrected chi connectivity index (χ4v) is 11.7. The first-order valence-corrected chi connectivity index (χ1v) is 17.8. The normalized spacial score (nSPS) is 29.1. The van der Waals surface area contributed by atoms with E-state index >= 15 is 0 Å². The number of carbonyl (C=O) groups is 3. The minimum absolute atomic E-state index is 0.0664. The quantitative estimate of drug-likeness (QED) is 0.337. The fourth-order valence-electron chi connectivity index (χ4n) is 8.84. The number of hydrogen-bond donors (Lipinski definition) is 1. The molecule has 1 aromatic heterocycles. The van der Waals surface area contributed by atoms with Crippen LogP contribution in [0.3, 0.4) is 0 Å². The van der Waals surface area contributed by atoms with Gasteiger partial charge in [-0.1, -0.05) is 23.5 Å². The molecule has 252 valence electrons. The number of hydrogen-bond acceptors (Lipinski definition) is 8. The van der Waals surface area contributed by atoms with Crippen LogP contribution >= 0.6 is 23.1 Å². The van der Waals surface area contributed by atoms with E-state index in [9.17, 15) is 32.3 Å². The average molecular weight is 700 g/mol. The lowest BCUT2D eigenvalue weighted by Crippen LogP contribution is -2.42. The summed E-state index contributed by atoms with van der Waals surface area (Å²) in [7, 11) is 1.52. The molecule has 1 N–H and O–H groups in total. The van der Waals surface area contributed by atoms with Gasteiger partial charge in [0.05, 0.1) is 35.2 Å². The minimum atomic E-state index is -4.62. The Morgan fingerprint density at radius 1 is 0.979 bits per heavy atom. The van der Waals surface area contributed by atoms with Crippen LogP contribution < -0.4 is 19.2 Å². The van der Waals surface area contributed by atoms with E-state index in [1.807, 2.05) is 17.0 Å². The molecule has 4 fully saturated rings. The molecule has 6 unspecified atom stereocenters. The molecule has 48 heavy (non-hydrogen) atoms. The van der Waals surface area contributed by atoms with Crippen LogP contribution in [0.1, 0.15) is 47.6 Å². The molecule has 5 aliphatic rings. The number of piperidine rings is 1. The average Bonchev–Trinajstić information content (AvgIpc) is 3.82. The van der Waals surface area contributed by atoms with Gasteiger partial charge in [-0.3, -0.25) is 24.1 Å². The molecule has 0 radical (unpaired) electrons. The predicted octanol–water partition coefficient (Wildman–Crippen LogP) is 5.53. The van der Waals surface area contributed by atoms with Crippen molar-refractivity contribution in [1.82, 2.24) is 9.88 Å². The number of anilines is 1. The zero-order valence-electron chi connectivity index (χ0n) is 25.8.